The first-order valence-corrected chi connectivity index (χ1v) is 11.1. The van der Waals surface area contributed by atoms with Gasteiger partial charge in [-0.3, -0.25) is 9.59 Å². The fourth-order valence-corrected chi connectivity index (χ4v) is 3.30. The topological polar surface area (TPSA) is 49.4 Å². The zero-order valence-corrected chi connectivity index (χ0v) is 19.3. The highest BCUT2D eigenvalue weighted by molar-refractivity contribution is 5.87. The summed E-state index contributed by atoms with van der Waals surface area (Å²) in [6.07, 6.45) is 1.73. The summed E-state index contributed by atoms with van der Waals surface area (Å²) in [5.74, 6) is -0.129. The first-order chi connectivity index (χ1) is 14.7. The molecule has 2 amide bonds. The molecule has 0 saturated carbocycles. The van der Waals surface area contributed by atoms with E-state index >= 15 is 0 Å². The molecule has 168 valence electrons. The van der Waals surface area contributed by atoms with Gasteiger partial charge in [0.15, 0.2) is 0 Å². The van der Waals surface area contributed by atoms with Crippen LogP contribution in [-0.4, -0.2) is 28.8 Å². The van der Waals surface area contributed by atoms with E-state index in [9.17, 15) is 14.0 Å². The third-order valence-corrected chi connectivity index (χ3v) is 5.71. The molecule has 2 unspecified atom stereocenters. The van der Waals surface area contributed by atoms with Crippen LogP contribution in [0, 0.1) is 5.82 Å². The molecule has 0 aliphatic heterocycles. The molecule has 0 spiro atoms. The van der Waals surface area contributed by atoms with Crippen LogP contribution in [0.1, 0.15) is 70.1 Å². The van der Waals surface area contributed by atoms with Gasteiger partial charge in [0.2, 0.25) is 11.8 Å². The van der Waals surface area contributed by atoms with Crippen LogP contribution in [0.4, 0.5) is 4.39 Å². The van der Waals surface area contributed by atoms with Crippen LogP contribution in [0.5, 0.6) is 0 Å². The lowest BCUT2D eigenvalue weighted by molar-refractivity contribution is -0.140. The Morgan fingerprint density at radius 3 is 2.06 bits per heavy atom. The van der Waals surface area contributed by atoms with E-state index in [-0.39, 0.29) is 30.2 Å². The van der Waals surface area contributed by atoms with Gasteiger partial charge in [-0.15, -0.1) is 0 Å². The largest absolute Gasteiger partial charge is 0.352 e. The highest BCUT2D eigenvalue weighted by Crippen LogP contribution is 2.17. The van der Waals surface area contributed by atoms with E-state index in [4.69, 9.17) is 0 Å². The molecule has 0 radical (unpaired) electrons. The number of aryl methyl sites for hydroxylation is 1. The molecule has 0 aliphatic carbocycles. The predicted molar refractivity (Wildman–Crippen MR) is 123 cm³/mol. The molecule has 0 aromatic heterocycles. The van der Waals surface area contributed by atoms with E-state index in [0.29, 0.717) is 18.8 Å². The molecule has 0 heterocycles. The minimum Gasteiger partial charge on any atom is -0.352 e. The van der Waals surface area contributed by atoms with Gasteiger partial charge in [0.05, 0.1) is 0 Å². The van der Waals surface area contributed by atoms with Crippen molar-refractivity contribution in [1.82, 2.24) is 10.2 Å². The van der Waals surface area contributed by atoms with Crippen LogP contribution < -0.4 is 5.32 Å². The van der Waals surface area contributed by atoms with E-state index in [2.05, 4.69) is 43.4 Å². The predicted octanol–water partition coefficient (Wildman–Crippen LogP) is 5.21. The van der Waals surface area contributed by atoms with E-state index < -0.39 is 6.04 Å². The third kappa shape index (κ3) is 7.50. The average Bonchev–Trinajstić information content (AvgIpc) is 2.76. The van der Waals surface area contributed by atoms with Crippen molar-refractivity contribution in [2.75, 3.05) is 0 Å². The highest BCUT2D eigenvalue weighted by Gasteiger charge is 2.26. The maximum absolute atomic E-state index is 13.3. The van der Waals surface area contributed by atoms with Gasteiger partial charge in [-0.25, -0.2) is 4.39 Å². The second-order valence-electron chi connectivity index (χ2n) is 8.54. The minimum absolute atomic E-state index is 0.0391. The van der Waals surface area contributed by atoms with Crippen LogP contribution in [0.2, 0.25) is 0 Å². The van der Waals surface area contributed by atoms with Crippen molar-refractivity contribution in [2.24, 2.45) is 0 Å². The highest BCUT2D eigenvalue weighted by atomic mass is 19.1. The Balaban J connectivity index is 2.12. The lowest BCUT2D eigenvalue weighted by Gasteiger charge is -2.30. The Hall–Kier alpha value is -2.69. The van der Waals surface area contributed by atoms with E-state index in [1.807, 2.05) is 13.8 Å². The van der Waals surface area contributed by atoms with Gasteiger partial charge in [0.25, 0.3) is 0 Å². The van der Waals surface area contributed by atoms with E-state index in [1.54, 1.807) is 24.0 Å². The molecule has 4 nitrogen and oxygen atoms in total. The molecule has 2 atom stereocenters. The molecule has 0 aliphatic rings. The smallest absolute Gasteiger partial charge is 0.242 e. The average molecular weight is 427 g/mol. The summed E-state index contributed by atoms with van der Waals surface area (Å²) in [7, 11) is 0. The second-order valence-corrected chi connectivity index (χ2v) is 8.54. The number of rotatable bonds is 10. The number of amides is 2. The van der Waals surface area contributed by atoms with Gasteiger partial charge in [0.1, 0.15) is 11.9 Å². The lowest BCUT2D eigenvalue weighted by Crippen LogP contribution is -2.49. The number of halogens is 1. The van der Waals surface area contributed by atoms with E-state index in [0.717, 1.165) is 17.5 Å². The SMILES string of the molecule is CCC(C)NC(=O)C(C)N(Cc1ccc(F)cc1)C(=O)CCc1ccc(C(C)C)cc1. The molecule has 31 heavy (non-hydrogen) atoms. The monoisotopic (exact) mass is 426 g/mol. The maximum Gasteiger partial charge on any atom is 0.242 e. The normalized spacial score (nSPS) is 13.0. The van der Waals surface area contributed by atoms with Crippen LogP contribution in [-0.2, 0) is 22.6 Å². The summed E-state index contributed by atoms with van der Waals surface area (Å²) in [6, 6.07) is 13.8. The molecule has 0 fully saturated rings. The second kappa shape index (κ2) is 11.6. The number of hydrogen-bond acceptors (Lipinski definition) is 2. The van der Waals surface area contributed by atoms with E-state index in [1.165, 1.54) is 17.7 Å². The quantitative estimate of drug-likeness (QED) is 0.567. The molecule has 0 bridgehead atoms. The Bertz CT molecular complexity index is 847. The molecule has 2 rings (SSSR count). The summed E-state index contributed by atoms with van der Waals surface area (Å²) >= 11 is 0. The van der Waals surface area contributed by atoms with Crippen molar-refractivity contribution < 1.29 is 14.0 Å². The summed E-state index contributed by atoms with van der Waals surface area (Å²) in [5, 5.41) is 2.96. The van der Waals surface area contributed by atoms with Crippen LogP contribution >= 0.6 is 0 Å². The van der Waals surface area contributed by atoms with Gasteiger partial charge in [0, 0.05) is 19.0 Å². The number of nitrogens with one attached hydrogen (secondary N) is 1. The number of benzene rings is 2. The summed E-state index contributed by atoms with van der Waals surface area (Å²) in [4.78, 5) is 27.4. The molecule has 0 saturated heterocycles. The van der Waals surface area contributed by atoms with Crippen molar-refractivity contribution >= 4 is 11.8 Å². The number of carbonyl (C=O) groups is 2. The van der Waals surface area contributed by atoms with Gasteiger partial charge in [-0.05, 0) is 61.4 Å². The molecule has 2 aromatic carbocycles. The van der Waals surface area contributed by atoms with Crippen molar-refractivity contribution in [3.8, 4) is 0 Å². The lowest BCUT2D eigenvalue weighted by atomic mass is 10.00. The summed E-state index contributed by atoms with van der Waals surface area (Å²) < 4.78 is 13.3. The molecule has 1 N–H and O–H groups in total. The van der Waals surface area contributed by atoms with Crippen molar-refractivity contribution in [1.29, 1.82) is 0 Å². The van der Waals surface area contributed by atoms with Crippen molar-refractivity contribution in [3.63, 3.8) is 0 Å². The zero-order valence-electron chi connectivity index (χ0n) is 19.3. The van der Waals surface area contributed by atoms with Gasteiger partial charge in [-0.1, -0.05) is 57.2 Å². The zero-order chi connectivity index (χ0) is 23.0. The Morgan fingerprint density at radius 2 is 1.52 bits per heavy atom. The summed E-state index contributed by atoms with van der Waals surface area (Å²) in [5.41, 5.74) is 3.15. The summed E-state index contributed by atoms with van der Waals surface area (Å²) in [6.45, 7) is 10.3. The van der Waals surface area contributed by atoms with Crippen molar-refractivity contribution in [2.45, 2.75) is 78.4 Å². The standard InChI is InChI=1S/C26H35FN2O2/c1-6-19(4)28-26(31)20(5)29(17-22-9-14-24(27)15-10-22)25(30)16-11-21-7-12-23(13-8-21)18(2)3/h7-10,12-15,18-20H,6,11,16-17H2,1-5H3,(H,28,31). The van der Waals surface area contributed by atoms with Crippen LogP contribution in [0.3, 0.4) is 0 Å². The van der Waals surface area contributed by atoms with Gasteiger partial charge in [-0.2, -0.15) is 0 Å². The third-order valence-electron chi connectivity index (χ3n) is 5.71. The molecule has 2 aromatic rings. The van der Waals surface area contributed by atoms with Crippen LogP contribution in [0.15, 0.2) is 48.5 Å². The minimum atomic E-state index is -0.616. The number of nitrogens with zero attached hydrogens (tertiary/aromatic N) is 1. The fourth-order valence-electron chi connectivity index (χ4n) is 3.30. The van der Waals surface area contributed by atoms with Crippen LogP contribution in [0.25, 0.3) is 0 Å². The van der Waals surface area contributed by atoms with Gasteiger partial charge < -0.3 is 10.2 Å². The fraction of sp³-hybridized carbons (Fsp3) is 0.462. The molecular weight excluding hydrogens is 391 g/mol. The first-order valence-electron chi connectivity index (χ1n) is 11.1. The molecular formula is C26H35FN2O2. The first kappa shape index (κ1) is 24.6. The molecule has 5 heteroatoms. The van der Waals surface area contributed by atoms with Gasteiger partial charge >= 0.3 is 0 Å². The van der Waals surface area contributed by atoms with Crippen molar-refractivity contribution in [3.05, 3.63) is 71.0 Å². The Kier molecular flexibility index (Phi) is 9.22. The Labute approximate surface area is 185 Å². The Morgan fingerprint density at radius 1 is 0.935 bits per heavy atom. The maximum atomic E-state index is 13.3. The number of hydrogen-bond donors (Lipinski definition) is 1. The number of carbonyl (C=O) groups excluding carboxylic acids is 2.